The SMILES string of the molecule is CNc1c(O)c2c(O)c(C)c(=O)c(C(=O)C(C)O/C=C/C[C@H](C)C(OC(C)=O)C(O)CCCC(C)/C=C/C=C(\C)C=O)c2c2nc3ccc(C(C)C)cc3oc12.CO. The second-order valence-corrected chi connectivity index (χ2v) is 14.9. The summed E-state index contributed by atoms with van der Waals surface area (Å²) >= 11 is 0. The molecule has 0 spiro atoms. The number of esters is 1. The smallest absolute Gasteiger partial charge is 0.303 e. The number of carbonyl (C=O) groups is 3. The lowest BCUT2D eigenvalue weighted by molar-refractivity contribution is -0.156. The van der Waals surface area contributed by atoms with Crippen molar-refractivity contribution < 1.29 is 48.7 Å². The lowest BCUT2D eigenvalue weighted by Gasteiger charge is -2.27. The molecule has 13 nitrogen and oxygen atoms in total. The van der Waals surface area contributed by atoms with Crippen LogP contribution in [0.5, 0.6) is 11.5 Å². The maximum atomic E-state index is 14.1. The van der Waals surface area contributed by atoms with Gasteiger partial charge in [0, 0.05) is 32.0 Å². The highest BCUT2D eigenvalue weighted by molar-refractivity contribution is 6.23. The number of phenols is 2. The molecule has 4 rings (SSSR count). The summed E-state index contributed by atoms with van der Waals surface area (Å²) in [5, 5.41) is 43.4. The Labute approximate surface area is 339 Å². The number of nitrogens with zero attached hydrogens (tertiary/aromatic N) is 1. The van der Waals surface area contributed by atoms with Crippen LogP contribution in [0.1, 0.15) is 102 Å². The van der Waals surface area contributed by atoms with Gasteiger partial charge >= 0.3 is 5.97 Å². The summed E-state index contributed by atoms with van der Waals surface area (Å²) in [4.78, 5) is 55.4. The van der Waals surface area contributed by atoms with Crippen molar-refractivity contribution in [1.82, 2.24) is 4.98 Å². The highest BCUT2D eigenvalue weighted by atomic mass is 16.6. The average molecular weight is 803 g/mol. The van der Waals surface area contributed by atoms with Gasteiger partial charge in [0.05, 0.1) is 23.3 Å². The number of hydrogen-bond donors (Lipinski definition) is 5. The van der Waals surface area contributed by atoms with Gasteiger partial charge in [-0.25, -0.2) is 4.98 Å². The first-order chi connectivity index (χ1) is 27.5. The zero-order valence-corrected chi connectivity index (χ0v) is 35.1. The summed E-state index contributed by atoms with van der Waals surface area (Å²) < 4.78 is 17.6. The van der Waals surface area contributed by atoms with Crippen molar-refractivity contribution in [3.05, 3.63) is 81.3 Å². The molecule has 0 aliphatic rings. The topological polar surface area (TPSA) is 206 Å². The van der Waals surface area contributed by atoms with Crippen molar-refractivity contribution in [2.45, 2.75) is 105 Å². The molecule has 1 aromatic heterocycles. The van der Waals surface area contributed by atoms with E-state index < -0.39 is 47.0 Å². The number of Topliss-reactive ketones (excluding diaryl/α,β-unsaturated/α-hetero) is 1. The van der Waals surface area contributed by atoms with Crippen molar-refractivity contribution in [2.75, 3.05) is 19.5 Å². The molecule has 1 heterocycles. The van der Waals surface area contributed by atoms with Crippen LogP contribution in [-0.4, -0.2) is 75.9 Å². The fourth-order valence-corrected chi connectivity index (χ4v) is 6.69. The second-order valence-electron chi connectivity index (χ2n) is 14.9. The van der Waals surface area contributed by atoms with Crippen LogP contribution in [0.4, 0.5) is 5.69 Å². The Hall–Kier alpha value is -5.53. The van der Waals surface area contributed by atoms with Crippen molar-refractivity contribution in [2.24, 2.45) is 11.8 Å². The summed E-state index contributed by atoms with van der Waals surface area (Å²) in [7, 11) is 2.57. The number of aromatic hydroxyl groups is 2. The fourth-order valence-electron chi connectivity index (χ4n) is 6.69. The largest absolute Gasteiger partial charge is 0.507 e. The number of benzene rings is 3. The third-order valence-electron chi connectivity index (χ3n) is 10.0. The summed E-state index contributed by atoms with van der Waals surface area (Å²) in [6.07, 6.45) is 8.66. The van der Waals surface area contributed by atoms with E-state index in [9.17, 15) is 34.5 Å². The van der Waals surface area contributed by atoms with Gasteiger partial charge in [-0.1, -0.05) is 58.4 Å². The number of ether oxygens (including phenoxy) is 2. The van der Waals surface area contributed by atoms with Gasteiger partial charge in [0.15, 0.2) is 28.4 Å². The maximum Gasteiger partial charge on any atom is 0.303 e. The highest BCUT2D eigenvalue weighted by Crippen LogP contribution is 2.46. The molecular weight excluding hydrogens is 744 g/mol. The number of anilines is 1. The van der Waals surface area contributed by atoms with Crippen molar-refractivity contribution in [1.29, 1.82) is 0 Å². The minimum absolute atomic E-state index is 0.0605. The minimum atomic E-state index is -1.18. The Bertz CT molecular complexity index is 2250. The predicted molar refractivity (Wildman–Crippen MR) is 226 cm³/mol. The molecule has 0 saturated carbocycles. The number of hydrogen-bond acceptors (Lipinski definition) is 13. The first kappa shape index (κ1) is 46.8. The number of aliphatic hydroxyl groups excluding tert-OH is 2. The molecular formula is C45H58N2O11. The van der Waals surface area contributed by atoms with E-state index in [1.807, 2.05) is 52.0 Å². The number of rotatable bonds is 18. The van der Waals surface area contributed by atoms with Gasteiger partial charge in [0.1, 0.15) is 34.9 Å². The van der Waals surface area contributed by atoms with Crippen LogP contribution in [0, 0.1) is 18.8 Å². The van der Waals surface area contributed by atoms with E-state index in [2.05, 4.69) is 5.32 Å². The number of ketones is 1. The van der Waals surface area contributed by atoms with Crippen LogP contribution in [0.2, 0.25) is 0 Å². The first-order valence-electron chi connectivity index (χ1n) is 19.4. The van der Waals surface area contributed by atoms with E-state index in [-0.39, 0.29) is 56.4 Å². The standard InChI is InChI=1S/C44H54N2O10.CH4O/c1-23(2)30-18-19-31-33(21-30)56-44-37(46-31)34-35(39(50)27(6)40(51)36(34)42(53)38(44)45-9)41(52)28(7)54-20-12-16-26(5)43(55-29(8)48)32(49)17-11-14-24(3)13-10-15-25(4)22-47;1-2/h10,12-13,15,18-24,26,28,32,43,45,49,51,53H,11,14,16-17H2,1-9H3;2H,1H3/b13-10+,20-12+,25-15+;/t24?,26-,28?,32?,43?;/m0./s1. The third kappa shape index (κ3) is 10.9. The Morgan fingerprint density at radius 2 is 1.71 bits per heavy atom. The maximum absolute atomic E-state index is 14.1. The van der Waals surface area contributed by atoms with Crippen LogP contribution < -0.4 is 10.7 Å². The van der Waals surface area contributed by atoms with Crippen LogP contribution >= 0.6 is 0 Å². The molecule has 0 aliphatic carbocycles. The number of phenolic OH excluding ortho intramolecular Hbond substituents is 2. The molecule has 0 bridgehead atoms. The molecule has 4 unspecified atom stereocenters. The minimum Gasteiger partial charge on any atom is -0.507 e. The summed E-state index contributed by atoms with van der Waals surface area (Å²) in [6.45, 7) is 13.8. The molecule has 0 aliphatic heterocycles. The molecule has 4 aromatic rings. The number of fused-ring (bicyclic) bond motifs is 4. The van der Waals surface area contributed by atoms with E-state index in [0.29, 0.717) is 35.9 Å². The summed E-state index contributed by atoms with van der Waals surface area (Å²) in [5.74, 6) is -2.01. The molecule has 0 fully saturated rings. The molecule has 5 atom stereocenters. The van der Waals surface area contributed by atoms with Gasteiger partial charge in [-0.3, -0.25) is 19.2 Å². The number of aliphatic hydroxyl groups is 2. The number of aldehydes is 1. The van der Waals surface area contributed by atoms with E-state index in [1.165, 1.54) is 27.0 Å². The number of aromatic nitrogens is 1. The zero-order valence-electron chi connectivity index (χ0n) is 35.1. The number of carbonyl (C=O) groups excluding carboxylic acids is 3. The number of nitrogens with one attached hydrogen (secondary N) is 1. The van der Waals surface area contributed by atoms with Gasteiger partial charge in [0.25, 0.3) is 0 Å². The Balaban J connectivity index is 0.00000443. The first-order valence-corrected chi connectivity index (χ1v) is 19.4. The van der Waals surface area contributed by atoms with Crippen molar-refractivity contribution in [3.8, 4) is 11.5 Å². The van der Waals surface area contributed by atoms with Gasteiger partial charge in [-0.15, -0.1) is 0 Å². The Kier molecular flexibility index (Phi) is 17.2. The Morgan fingerprint density at radius 1 is 1.02 bits per heavy atom. The highest BCUT2D eigenvalue weighted by Gasteiger charge is 2.31. The molecule has 0 saturated heterocycles. The predicted octanol–water partition coefficient (Wildman–Crippen LogP) is 7.92. The van der Waals surface area contributed by atoms with Gasteiger partial charge < -0.3 is 39.6 Å². The zero-order chi connectivity index (χ0) is 43.4. The van der Waals surface area contributed by atoms with Crippen molar-refractivity contribution in [3.63, 3.8) is 0 Å². The lowest BCUT2D eigenvalue weighted by atomic mass is 9.92. The van der Waals surface area contributed by atoms with Gasteiger partial charge in [-0.05, 0) is 87.1 Å². The normalized spacial score (nSPS) is 14.7. The van der Waals surface area contributed by atoms with Gasteiger partial charge in [-0.2, -0.15) is 0 Å². The fraction of sp³-hybridized carbons (Fsp3) is 0.444. The molecule has 5 N–H and O–H groups in total. The number of allylic oxidation sites excluding steroid dienone is 5. The summed E-state index contributed by atoms with van der Waals surface area (Å²) in [6, 6.07) is 5.54. The Morgan fingerprint density at radius 3 is 2.33 bits per heavy atom. The lowest BCUT2D eigenvalue weighted by Crippen LogP contribution is -2.36. The second kappa shape index (κ2) is 21.3. The van der Waals surface area contributed by atoms with Gasteiger partial charge in [0.2, 0.25) is 5.78 Å². The van der Waals surface area contributed by atoms with Crippen LogP contribution in [0.3, 0.4) is 0 Å². The third-order valence-corrected chi connectivity index (χ3v) is 10.0. The molecule has 0 radical (unpaired) electrons. The molecule has 13 heteroatoms. The molecule has 0 amide bonds. The van der Waals surface area contributed by atoms with Crippen LogP contribution in [0.25, 0.3) is 33.0 Å². The van der Waals surface area contributed by atoms with E-state index in [0.717, 1.165) is 25.4 Å². The van der Waals surface area contributed by atoms with E-state index in [1.54, 1.807) is 32.2 Å². The monoisotopic (exact) mass is 802 g/mol. The van der Waals surface area contributed by atoms with Crippen LogP contribution in [-0.2, 0) is 19.1 Å². The quantitative estimate of drug-likeness (QED) is 0.00747. The average Bonchev–Trinajstić information content (AvgIpc) is 3.20. The van der Waals surface area contributed by atoms with E-state index >= 15 is 0 Å². The van der Waals surface area contributed by atoms with Crippen LogP contribution in [0.15, 0.2) is 63.6 Å². The molecule has 58 heavy (non-hydrogen) atoms. The summed E-state index contributed by atoms with van der Waals surface area (Å²) in [5.41, 5.74) is 1.65. The molecule has 314 valence electrons. The van der Waals surface area contributed by atoms with E-state index in [4.69, 9.17) is 24.0 Å². The molecule has 3 aromatic carbocycles. The van der Waals surface area contributed by atoms with Crippen molar-refractivity contribution >= 4 is 56.7 Å².